The summed E-state index contributed by atoms with van der Waals surface area (Å²) in [5, 5.41) is 12.4. The lowest BCUT2D eigenvalue weighted by Crippen LogP contribution is -2.68. The van der Waals surface area contributed by atoms with Crippen LogP contribution >= 0.6 is 27.5 Å². The number of hydrogen-bond donors (Lipinski definition) is 1. The van der Waals surface area contributed by atoms with E-state index in [1.807, 2.05) is 41.3 Å². The number of piperidine rings is 1. The van der Waals surface area contributed by atoms with Gasteiger partial charge >= 0.3 is 0 Å². The van der Waals surface area contributed by atoms with Gasteiger partial charge in [-0.15, -0.1) is 12.3 Å². The molecule has 0 aromatic heterocycles. The molecule has 1 spiro atoms. The number of nitrogens with zero attached hydrogens (tertiary/aromatic N) is 4. The molecule has 2 aromatic rings. The van der Waals surface area contributed by atoms with Crippen molar-refractivity contribution in [3.8, 4) is 12.3 Å². The predicted octanol–water partition coefficient (Wildman–Crippen LogP) is 5.25. The Hall–Kier alpha value is -2.89. The van der Waals surface area contributed by atoms with Crippen molar-refractivity contribution in [1.82, 2.24) is 10.2 Å². The molecule has 3 aliphatic heterocycles. The molecule has 3 aliphatic rings. The molecule has 2 amide bonds. The highest BCUT2D eigenvalue weighted by Crippen LogP contribution is 2.42. The highest BCUT2D eigenvalue weighted by Gasteiger charge is 2.48. The fourth-order valence-corrected chi connectivity index (χ4v) is 5.65. The van der Waals surface area contributed by atoms with E-state index in [9.17, 15) is 9.59 Å². The van der Waals surface area contributed by atoms with Crippen LogP contribution in [-0.4, -0.2) is 47.7 Å². The van der Waals surface area contributed by atoms with E-state index in [0.717, 1.165) is 16.6 Å². The molecule has 0 saturated carbocycles. The standard InChI is InChI=1S/C26H25BrClN5O2/c1-2-3-9-25(30-31-25)10-15-33-22-8-7-20(28)17-21(22)23(34)29-26(33)11-13-32(14-12-26)24(35)18-5-4-6-19(27)16-18/h1,4-8,16-17H,3,9-15H2,(H,29,34). The first kappa shape index (κ1) is 23.8. The number of carbonyl (C=O) groups excluding carboxylic acids is 2. The van der Waals surface area contributed by atoms with E-state index < -0.39 is 11.3 Å². The predicted molar refractivity (Wildman–Crippen MR) is 139 cm³/mol. The first-order chi connectivity index (χ1) is 16.8. The molecular weight excluding hydrogens is 530 g/mol. The van der Waals surface area contributed by atoms with Gasteiger partial charge < -0.3 is 15.1 Å². The molecule has 0 unspecified atom stereocenters. The van der Waals surface area contributed by atoms with Crippen LogP contribution in [-0.2, 0) is 0 Å². The Labute approximate surface area is 218 Å². The number of halogens is 2. The van der Waals surface area contributed by atoms with Gasteiger partial charge in [0.05, 0.1) is 11.3 Å². The highest BCUT2D eigenvalue weighted by molar-refractivity contribution is 9.10. The summed E-state index contributed by atoms with van der Waals surface area (Å²) >= 11 is 9.65. The smallest absolute Gasteiger partial charge is 0.255 e. The van der Waals surface area contributed by atoms with Gasteiger partial charge in [-0.3, -0.25) is 9.59 Å². The molecule has 35 heavy (non-hydrogen) atoms. The van der Waals surface area contributed by atoms with Crippen LogP contribution in [0.2, 0.25) is 5.02 Å². The van der Waals surface area contributed by atoms with Gasteiger partial charge in [0, 0.05) is 66.8 Å². The van der Waals surface area contributed by atoms with Crippen LogP contribution < -0.4 is 10.2 Å². The Morgan fingerprint density at radius 2 is 1.94 bits per heavy atom. The van der Waals surface area contributed by atoms with Gasteiger partial charge in [-0.05, 0) is 36.4 Å². The third-order valence-electron chi connectivity index (χ3n) is 7.09. The fraction of sp³-hybridized carbons (Fsp3) is 0.385. The van der Waals surface area contributed by atoms with E-state index in [0.29, 0.717) is 61.5 Å². The molecule has 7 nitrogen and oxygen atoms in total. The summed E-state index contributed by atoms with van der Waals surface area (Å²) in [6, 6.07) is 12.8. The molecule has 0 bridgehead atoms. The van der Waals surface area contributed by atoms with Gasteiger partial charge in [-0.25, -0.2) is 0 Å². The lowest BCUT2D eigenvalue weighted by Gasteiger charge is -2.53. The Balaban J connectivity index is 1.38. The second-order valence-electron chi connectivity index (χ2n) is 9.24. The van der Waals surface area contributed by atoms with Crippen molar-refractivity contribution >= 4 is 45.0 Å². The lowest BCUT2D eigenvalue weighted by atomic mass is 9.88. The number of likely N-dealkylation sites (tertiary alicyclic amines) is 1. The summed E-state index contributed by atoms with van der Waals surface area (Å²) in [5.74, 6) is 2.52. The summed E-state index contributed by atoms with van der Waals surface area (Å²) in [5.41, 5.74) is 1.01. The van der Waals surface area contributed by atoms with E-state index in [4.69, 9.17) is 18.0 Å². The van der Waals surface area contributed by atoms with Gasteiger partial charge in [0.25, 0.3) is 11.8 Å². The molecule has 1 fully saturated rings. The Morgan fingerprint density at radius 3 is 2.63 bits per heavy atom. The number of benzene rings is 2. The highest BCUT2D eigenvalue weighted by atomic mass is 79.9. The maximum absolute atomic E-state index is 13.1. The number of amides is 2. The average Bonchev–Trinajstić information content (AvgIpc) is 3.63. The normalized spacial score (nSPS) is 19.2. The topological polar surface area (TPSA) is 77.4 Å². The van der Waals surface area contributed by atoms with Crippen LogP contribution in [0.1, 0.15) is 52.8 Å². The molecule has 1 saturated heterocycles. The number of terminal acetylenes is 1. The van der Waals surface area contributed by atoms with E-state index in [1.54, 1.807) is 6.07 Å². The van der Waals surface area contributed by atoms with Crippen molar-refractivity contribution in [3.63, 3.8) is 0 Å². The Bertz CT molecular complexity index is 1240. The molecule has 0 aliphatic carbocycles. The molecule has 2 aromatic carbocycles. The summed E-state index contributed by atoms with van der Waals surface area (Å²) < 4.78 is 0.868. The van der Waals surface area contributed by atoms with Gasteiger partial charge in [-0.2, -0.15) is 10.2 Å². The second-order valence-corrected chi connectivity index (χ2v) is 10.6. The number of rotatable bonds is 6. The molecule has 9 heteroatoms. The van der Waals surface area contributed by atoms with Crippen LogP contribution in [0, 0.1) is 12.3 Å². The van der Waals surface area contributed by atoms with Gasteiger partial charge in [0.2, 0.25) is 0 Å². The minimum atomic E-state index is -0.603. The Kier molecular flexibility index (Phi) is 6.32. The third kappa shape index (κ3) is 4.67. The molecule has 180 valence electrons. The summed E-state index contributed by atoms with van der Waals surface area (Å²) in [6.45, 7) is 1.70. The van der Waals surface area contributed by atoms with Crippen LogP contribution in [0.3, 0.4) is 0 Å². The molecule has 1 N–H and O–H groups in total. The van der Waals surface area contributed by atoms with Crippen molar-refractivity contribution in [2.75, 3.05) is 24.5 Å². The van der Waals surface area contributed by atoms with Crippen LogP contribution in [0.15, 0.2) is 57.2 Å². The number of hydrogen-bond acceptors (Lipinski definition) is 5. The first-order valence-electron chi connectivity index (χ1n) is 11.7. The summed E-state index contributed by atoms with van der Waals surface area (Å²) in [4.78, 5) is 30.4. The summed E-state index contributed by atoms with van der Waals surface area (Å²) in [7, 11) is 0. The minimum Gasteiger partial charge on any atom is -0.348 e. The largest absolute Gasteiger partial charge is 0.348 e. The van der Waals surface area contributed by atoms with Crippen LogP contribution in [0.5, 0.6) is 0 Å². The van der Waals surface area contributed by atoms with Gasteiger partial charge in [-0.1, -0.05) is 33.6 Å². The molecule has 5 rings (SSSR count). The van der Waals surface area contributed by atoms with Crippen molar-refractivity contribution in [1.29, 1.82) is 0 Å². The maximum Gasteiger partial charge on any atom is 0.255 e. The average molecular weight is 555 g/mol. The van der Waals surface area contributed by atoms with Crippen LogP contribution in [0.4, 0.5) is 5.69 Å². The van der Waals surface area contributed by atoms with Crippen molar-refractivity contribution in [2.45, 2.75) is 43.4 Å². The number of nitrogens with one attached hydrogen (secondary N) is 1. The molecule has 0 radical (unpaired) electrons. The third-order valence-corrected chi connectivity index (χ3v) is 7.82. The van der Waals surface area contributed by atoms with E-state index in [1.165, 1.54) is 0 Å². The minimum absolute atomic E-state index is 0.00849. The number of carbonyl (C=O) groups is 2. The lowest BCUT2D eigenvalue weighted by molar-refractivity contribution is 0.0601. The monoisotopic (exact) mass is 553 g/mol. The summed E-state index contributed by atoms with van der Waals surface area (Å²) in [6.07, 6.45) is 8.71. The van der Waals surface area contributed by atoms with Crippen LogP contribution in [0.25, 0.3) is 0 Å². The fourth-order valence-electron chi connectivity index (χ4n) is 5.07. The van der Waals surface area contributed by atoms with E-state index in [2.05, 4.69) is 42.3 Å². The number of fused-ring (bicyclic) bond motifs is 1. The zero-order chi connectivity index (χ0) is 24.6. The SMILES string of the molecule is C#CCCC1(CCN2c3ccc(Cl)cc3C(=O)NC23CCN(C(=O)c2cccc(Br)c2)CC3)N=N1. The second kappa shape index (κ2) is 9.29. The van der Waals surface area contributed by atoms with Crippen molar-refractivity contribution in [3.05, 3.63) is 63.1 Å². The van der Waals surface area contributed by atoms with E-state index in [-0.39, 0.29) is 11.8 Å². The zero-order valence-corrected chi connectivity index (χ0v) is 21.5. The molecular formula is C26H25BrClN5O2. The van der Waals surface area contributed by atoms with Crippen molar-refractivity contribution < 1.29 is 9.59 Å². The zero-order valence-electron chi connectivity index (χ0n) is 19.1. The number of anilines is 1. The first-order valence-corrected chi connectivity index (χ1v) is 12.8. The van der Waals surface area contributed by atoms with E-state index >= 15 is 0 Å². The molecule has 0 atom stereocenters. The Morgan fingerprint density at radius 1 is 1.17 bits per heavy atom. The van der Waals surface area contributed by atoms with Crippen molar-refractivity contribution in [2.24, 2.45) is 10.2 Å². The quantitative estimate of drug-likeness (QED) is 0.496. The van der Waals surface area contributed by atoms with Gasteiger partial charge in [0.15, 0.2) is 5.66 Å². The maximum atomic E-state index is 13.1. The van der Waals surface area contributed by atoms with Gasteiger partial charge in [0.1, 0.15) is 5.66 Å². The molecule has 3 heterocycles.